The van der Waals surface area contributed by atoms with Gasteiger partial charge >= 0.3 is 0 Å². The van der Waals surface area contributed by atoms with Crippen LogP contribution in [-0.2, 0) is 16.6 Å². The van der Waals surface area contributed by atoms with Crippen molar-refractivity contribution in [3.8, 4) is 0 Å². The Hall–Kier alpha value is -1.17. The van der Waals surface area contributed by atoms with Crippen LogP contribution >= 0.6 is 0 Å². The Bertz CT molecular complexity index is 567. The highest BCUT2D eigenvalue weighted by molar-refractivity contribution is 7.89. The maximum Gasteiger partial charge on any atom is 0.243 e. The van der Waals surface area contributed by atoms with Crippen molar-refractivity contribution in [2.24, 2.45) is 0 Å². The van der Waals surface area contributed by atoms with Crippen molar-refractivity contribution >= 4 is 10.0 Å². The molecule has 4 nitrogen and oxygen atoms in total. The van der Waals surface area contributed by atoms with E-state index < -0.39 is 10.0 Å². The number of likely N-dealkylation sites (N-methyl/N-ethyl adjacent to an activating group) is 1. The minimum atomic E-state index is -3.45. The highest BCUT2D eigenvalue weighted by Crippen LogP contribution is 2.18. The first-order chi connectivity index (χ1) is 9.91. The van der Waals surface area contributed by atoms with Crippen LogP contribution in [0.5, 0.6) is 0 Å². The first kappa shape index (κ1) is 17.9. The Morgan fingerprint density at radius 2 is 2.05 bits per heavy atom. The van der Waals surface area contributed by atoms with Gasteiger partial charge in [0.25, 0.3) is 0 Å². The predicted molar refractivity (Wildman–Crippen MR) is 87.7 cm³/mol. The van der Waals surface area contributed by atoms with Crippen LogP contribution in [0.4, 0.5) is 0 Å². The minimum absolute atomic E-state index is 0.349. The quantitative estimate of drug-likeness (QED) is 0.563. The number of nitrogens with one attached hydrogen (secondary N) is 1. The van der Waals surface area contributed by atoms with Crippen molar-refractivity contribution in [1.82, 2.24) is 9.62 Å². The summed E-state index contributed by atoms with van der Waals surface area (Å²) in [6.07, 6.45) is 1.06. The summed E-state index contributed by atoms with van der Waals surface area (Å²) in [6.45, 7) is 12.0. The summed E-state index contributed by atoms with van der Waals surface area (Å²) < 4.78 is 26.7. The van der Waals surface area contributed by atoms with E-state index in [9.17, 15) is 8.42 Å². The molecule has 0 radical (unpaired) electrons. The molecule has 1 aromatic carbocycles. The molecule has 118 valence electrons. The lowest BCUT2D eigenvalue weighted by atomic mass is 10.2. The Morgan fingerprint density at radius 3 is 2.62 bits per heavy atom. The largest absolute Gasteiger partial charge is 0.313 e. The van der Waals surface area contributed by atoms with E-state index in [1.54, 1.807) is 18.2 Å². The monoisotopic (exact) mass is 310 g/mol. The van der Waals surface area contributed by atoms with Crippen LogP contribution in [0, 0.1) is 0 Å². The van der Waals surface area contributed by atoms with Crippen molar-refractivity contribution in [3.05, 3.63) is 42.0 Å². The molecule has 0 heterocycles. The number of hydrogen-bond acceptors (Lipinski definition) is 3. The van der Waals surface area contributed by atoms with Crippen LogP contribution in [0.3, 0.4) is 0 Å². The van der Waals surface area contributed by atoms with Gasteiger partial charge in [-0.05, 0) is 37.6 Å². The Kier molecular flexibility index (Phi) is 7.08. The summed E-state index contributed by atoms with van der Waals surface area (Å²) in [7, 11) is -3.45. The summed E-state index contributed by atoms with van der Waals surface area (Å²) in [5.41, 5.74) is 1.82. The highest BCUT2D eigenvalue weighted by Gasteiger charge is 2.22. The molecule has 0 aliphatic heterocycles. The van der Waals surface area contributed by atoms with Gasteiger partial charge in [0, 0.05) is 19.6 Å². The zero-order chi connectivity index (χ0) is 15.9. The van der Waals surface area contributed by atoms with Crippen LogP contribution in [0.15, 0.2) is 41.3 Å². The van der Waals surface area contributed by atoms with Crippen LogP contribution in [0.2, 0.25) is 0 Å². The summed E-state index contributed by atoms with van der Waals surface area (Å²) in [5, 5.41) is 3.28. The van der Waals surface area contributed by atoms with Crippen molar-refractivity contribution in [2.45, 2.75) is 38.6 Å². The van der Waals surface area contributed by atoms with E-state index in [4.69, 9.17) is 0 Å². The molecule has 5 heteroatoms. The van der Waals surface area contributed by atoms with Crippen LogP contribution in [-0.4, -0.2) is 32.4 Å². The Labute approximate surface area is 128 Å². The molecule has 0 atom stereocenters. The zero-order valence-corrected chi connectivity index (χ0v) is 14.0. The summed E-state index contributed by atoms with van der Waals surface area (Å²) in [5.74, 6) is 0. The molecule has 0 amide bonds. The second kappa shape index (κ2) is 8.32. The molecule has 0 bridgehead atoms. The van der Waals surface area contributed by atoms with Crippen LogP contribution in [0.25, 0.3) is 0 Å². The number of hydrogen-bond donors (Lipinski definition) is 1. The number of rotatable bonds is 9. The lowest BCUT2D eigenvalue weighted by Gasteiger charge is -2.21. The molecule has 0 unspecified atom stereocenters. The van der Waals surface area contributed by atoms with E-state index in [-0.39, 0.29) is 0 Å². The molecular formula is C16H26N2O2S. The van der Waals surface area contributed by atoms with E-state index in [0.29, 0.717) is 24.5 Å². The molecule has 0 fully saturated rings. The lowest BCUT2D eigenvalue weighted by Crippen LogP contribution is -2.32. The zero-order valence-electron chi connectivity index (χ0n) is 13.2. The van der Waals surface area contributed by atoms with E-state index in [1.165, 1.54) is 4.31 Å². The molecule has 1 aromatic rings. The molecule has 0 spiro atoms. The van der Waals surface area contributed by atoms with E-state index in [2.05, 4.69) is 18.8 Å². The maximum absolute atomic E-state index is 12.6. The molecule has 0 saturated carbocycles. The van der Waals surface area contributed by atoms with Gasteiger partial charge in [0.05, 0.1) is 4.90 Å². The average Bonchev–Trinajstić information content (AvgIpc) is 2.45. The lowest BCUT2D eigenvalue weighted by molar-refractivity contribution is 0.452. The first-order valence-electron chi connectivity index (χ1n) is 7.36. The van der Waals surface area contributed by atoms with E-state index >= 15 is 0 Å². The van der Waals surface area contributed by atoms with Gasteiger partial charge in [0.2, 0.25) is 10.0 Å². The number of nitrogens with zero attached hydrogens (tertiary/aromatic N) is 1. The van der Waals surface area contributed by atoms with Crippen molar-refractivity contribution in [3.63, 3.8) is 0 Å². The number of sulfonamides is 1. The highest BCUT2D eigenvalue weighted by atomic mass is 32.2. The van der Waals surface area contributed by atoms with Gasteiger partial charge in [0.15, 0.2) is 0 Å². The van der Waals surface area contributed by atoms with Crippen molar-refractivity contribution in [1.29, 1.82) is 0 Å². The van der Waals surface area contributed by atoms with Gasteiger partial charge in [-0.1, -0.05) is 38.1 Å². The number of benzene rings is 1. The van der Waals surface area contributed by atoms with Crippen LogP contribution in [0.1, 0.15) is 32.8 Å². The minimum Gasteiger partial charge on any atom is -0.313 e. The topological polar surface area (TPSA) is 49.4 Å². The first-order valence-corrected chi connectivity index (χ1v) is 8.80. The van der Waals surface area contributed by atoms with Gasteiger partial charge in [-0.3, -0.25) is 0 Å². The fourth-order valence-corrected chi connectivity index (χ4v) is 3.62. The molecule has 21 heavy (non-hydrogen) atoms. The second-order valence-electron chi connectivity index (χ2n) is 5.21. The smallest absolute Gasteiger partial charge is 0.243 e. The molecule has 1 rings (SSSR count). The van der Waals surface area contributed by atoms with Gasteiger partial charge in [-0.25, -0.2) is 8.42 Å². The SMILES string of the molecule is C=C(C)CN(CC)S(=O)(=O)c1cccc(CNCCC)c1. The molecule has 0 aliphatic rings. The van der Waals surface area contributed by atoms with Gasteiger partial charge in [0.1, 0.15) is 0 Å². The van der Waals surface area contributed by atoms with E-state index in [1.807, 2.05) is 19.9 Å². The Balaban J connectivity index is 2.96. The van der Waals surface area contributed by atoms with Gasteiger partial charge in [-0.2, -0.15) is 4.31 Å². The summed E-state index contributed by atoms with van der Waals surface area (Å²) in [4.78, 5) is 0.349. The van der Waals surface area contributed by atoms with Crippen molar-refractivity contribution < 1.29 is 8.42 Å². The van der Waals surface area contributed by atoms with Gasteiger partial charge in [-0.15, -0.1) is 0 Å². The van der Waals surface area contributed by atoms with Crippen molar-refractivity contribution in [2.75, 3.05) is 19.6 Å². The standard InChI is InChI=1S/C16H26N2O2S/c1-5-10-17-12-15-8-7-9-16(11-15)21(19,20)18(6-2)13-14(3)4/h7-9,11,17H,3,5-6,10,12-13H2,1-2,4H3. The second-order valence-corrected chi connectivity index (χ2v) is 7.15. The fourth-order valence-electron chi connectivity index (χ4n) is 2.04. The summed E-state index contributed by atoms with van der Waals surface area (Å²) >= 11 is 0. The third kappa shape index (κ3) is 5.26. The molecular weight excluding hydrogens is 284 g/mol. The van der Waals surface area contributed by atoms with Crippen LogP contribution < -0.4 is 5.32 Å². The summed E-state index contributed by atoms with van der Waals surface area (Å²) in [6, 6.07) is 7.14. The van der Waals surface area contributed by atoms with Gasteiger partial charge < -0.3 is 5.32 Å². The Morgan fingerprint density at radius 1 is 1.33 bits per heavy atom. The molecule has 0 saturated heterocycles. The molecule has 0 aliphatic carbocycles. The average molecular weight is 310 g/mol. The molecule has 1 N–H and O–H groups in total. The third-order valence-electron chi connectivity index (χ3n) is 3.09. The van der Waals surface area contributed by atoms with E-state index in [0.717, 1.165) is 24.1 Å². The normalized spacial score (nSPS) is 11.8. The third-order valence-corrected chi connectivity index (χ3v) is 5.01. The fraction of sp³-hybridized carbons (Fsp3) is 0.500. The molecule has 0 aromatic heterocycles. The predicted octanol–water partition coefficient (Wildman–Crippen LogP) is 2.77. The maximum atomic E-state index is 12.6.